The minimum Gasteiger partial charge on any atom is -0.389 e. The summed E-state index contributed by atoms with van der Waals surface area (Å²) < 4.78 is 0.736. The molecule has 0 aliphatic rings. The van der Waals surface area contributed by atoms with E-state index in [1.165, 1.54) is 6.20 Å². The molecule has 0 spiro atoms. The van der Waals surface area contributed by atoms with Crippen molar-refractivity contribution >= 4 is 27.5 Å². The minimum atomic E-state index is -0.570. The molecule has 1 N–H and O–H groups in total. The van der Waals surface area contributed by atoms with Crippen molar-refractivity contribution in [3.8, 4) is 0 Å². The Morgan fingerprint density at radius 2 is 2.27 bits per heavy atom. The zero-order chi connectivity index (χ0) is 8.43. The van der Waals surface area contributed by atoms with Gasteiger partial charge in [0, 0.05) is 22.4 Å². The molecule has 0 aliphatic heterocycles. The third-order valence-electron chi connectivity index (χ3n) is 1.31. The summed E-state index contributed by atoms with van der Waals surface area (Å²) in [6, 6.07) is 0. The molecule has 0 aromatic carbocycles. The lowest BCUT2D eigenvalue weighted by Crippen LogP contribution is -1.94. The number of aromatic nitrogens is 1. The normalized spacial score (nSPS) is 13.1. The van der Waals surface area contributed by atoms with E-state index in [2.05, 4.69) is 20.9 Å². The second kappa shape index (κ2) is 3.52. The summed E-state index contributed by atoms with van der Waals surface area (Å²) in [5.41, 5.74) is 0.682. The highest BCUT2D eigenvalue weighted by Crippen LogP contribution is 2.28. The summed E-state index contributed by atoms with van der Waals surface area (Å²) >= 11 is 9.01. The molecule has 0 fully saturated rings. The molecule has 1 atom stereocenters. The first kappa shape index (κ1) is 8.97. The first-order valence-corrected chi connectivity index (χ1v) is 4.27. The Hall–Kier alpha value is -0.120. The van der Waals surface area contributed by atoms with E-state index in [4.69, 9.17) is 11.6 Å². The van der Waals surface area contributed by atoms with Crippen molar-refractivity contribution in [2.75, 3.05) is 0 Å². The molecule has 1 aromatic rings. The number of rotatable bonds is 1. The summed E-state index contributed by atoms with van der Waals surface area (Å²) in [6.45, 7) is 1.66. The van der Waals surface area contributed by atoms with Gasteiger partial charge in [0.15, 0.2) is 0 Å². The van der Waals surface area contributed by atoms with Crippen LogP contribution >= 0.6 is 27.5 Å². The maximum atomic E-state index is 9.24. The zero-order valence-corrected chi connectivity index (χ0v) is 8.22. The van der Waals surface area contributed by atoms with Gasteiger partial charge in [-0.3, -0.25) is 4.98 Å². The topological polar surface area (TPSA) is 33.1 Å². The van der Waals surface area contributed by atoms with Crippen molar-refractivity contribution in [1.29, 1.82) is 0 Å². The predicted molar refractivity (Wildman–Crippen MR) is 47.6 cm³/mol. The monoisotopic (exact) mass is 235 g/mol. The van der Waals surface area contributed by atoms with Crippen molar-refractivity contribution < 1.29 is 5.11 Å². The fourth-order valence-electron chi connectivity index (χ4n) is 0.820. The van der Waals surface area contributed by atoms with E-state index in [-0.39, 0.29) is 0 Å². The fourth-order valence-corrected chi connectivity index (χ4v) is 1.91. The molecule has 0 unspecified atom stereocenters. The quantitative estimate of drug-likeness (QED) is 0.813. The van der Waals surface area contributed by atoms with Gasteiger partial charge in [-0.2, -0.15) is 0 Å². The standard InChI is InChI=1S/C7H7BrClNO/c1-4(11)7-5(8)2-10-3-6(7)9/h2-4,11H,1H3/t4-/m0/s1. The third kappa shape index (κ3) is 1.92. The van der Waals surface area contributed by atoms with Gasteiger partial charge in [0.2, 0.25) is 0 Å². The van der Waals surface area contributed by atoms with Crippen LogP contribution < -0.4 is 0 Å². The van der Waals surface area contributed by atoms with Gasteiger partial charge in [-0.05, 0) is 22.9 Å². The van der Waals surface area contributed by atoms with Gasteiger partial charge in [-0.25, -0.2) is 0 Å². The molecule has 0 amide bonds. The lowest BCUT2D eigenvalue weighted by Gasteiger charge is -2.07. The van der Waals surface area contributed by atoms with Gasteiger partial charge in [0.25, 0.3) is 0 Å². The summed E-state index contributed by atoms with van der Waals surface area (Å²) in [6.07, 6.45) is 2.54. The second-order valence-corrected chi connectivity index (χ2v) is 3.45. The molecule has 0 saturated heterocycles. The Labute approximate surface area is 78.3 Å². The maximum Gasteiger partial charge on any atom is 0.0788 e. The first-order chi connectivity index (χ1) is 5.13. The van der Waals surface area contributed by atoms with Crippen molar-refractivity contribution in [2.45, 2.75) is 13.0 Å². The van der Waals surface area contributed by atoms with Crippen molar-refractivity contribution in [2.24, 2.45) is 0 Å². The molecule has 60 valence electrons. The van der Waals surface area contributed by atoms with Crippen LogP contribution in [0.4, 0.5) is 0 Å². The highest BCUT2D eigenvalue weighted by molar-refractivity contribution is 9.10. The first-order valence-electron chi connectivity index (χ1n) is 3.10. The highest BCUT2D eigenvalue weighted by Gasteiger charge is 2.09. The molecule has 1 aromatic heterocycles. The molecule has 4 heteroatoms. The van der Waals surface area contributed by atoms with Crippen LogP contribution in [0.1, 0.15) is 18.6 Å². The van der Waals surface area contributed by atoms with Gasteiger partial charge in [-0.1, -0.05) is 11.6 Å². The van der Waals surface area contributed by atoms with Gasteiger partial charge >= 0.3 is 0 Å². The summed E-state index contributed by atoms with van der Waals surface area (Å²) in [4.78, 5) is 3.84. The zero-order valence-electron chi connectivity index (χ0n) is 5.88. The number of hydrogen-bond donors (Lipinski definition) is 1. The van der Waals surface area contributed by atoms with E-state index in [1.807, 2.05) is 0 Å². The average molecular weight is 236 g/mol. The molecule has 11 heavy (non-hydrogen) atoms. The van der Waals surface area contributed by atoms with E-state index < -0.39 is 6.10 Å². The summed E-state index contributed by atoms with van der Waals surface area (Å²) in [5, 5.41) is 9.72. The molecule has 0 bridgehead atoms. The SMILES string of the molecule is C[C@H](O)c1c(Cl)cncc1Br. The number of aliphatic hydroxyl groups is 1. The molecule has 1 heterocycles. The fraction of sp³-hybridized carbons (Fsp3) is 0.286. The van der Waals surface area contributed by atoms with Crippen LogP contribution in [0.2, 0.25) is 5.02 Å². The number of nitrogens with zero attached hydrogens (tertiary/aromatic N) is 1. The second-order valence-electron chi connectivity index (χ2n) is 2.19. The molecule has 0 aliphatic carbocycles. The third-order valence-corrected chi connectivity index (χ3v) is 2.24. The van der Waals surface area contributed by atoms with Crippen molar-refractivity contribution in [3.05, 3.63) is 27.5 Å². The lowest BCUT2D eigenvalue weighted by molar-refractivity contribution is 0.198. The van der Waals surface area contributed by atoms with E-state index in [1.54, 1.807) is 13.1 Å². The Morgan fingerprint density at radius 3 is 2.64 bits per heavy atom. The van der Waals surface area contributed by atoms with Gasteiger partial charge in [0.05, 0.1) is 11.1 Å². The van der Waals surface area contributed by atoms with Crippen LogP contribution in [0.25, 0.3) is 0 Å². The van der Waals surface area contributed by atoms with Crippen LogP contribution in [0.5, 0.6) is 0 Å². The van der Waals surface area contributed by atoms with E-state index in [0.29, 0.717) is 10.6 Å². The predicted octanol–water partition coefficient (Wildman–Crippen LogP) is 2.55. The number of halogens is 2. The van der Waals surface area contributed by atoms with E-state index in [9.17, 15) is 5.11 Å². The molecular formula is C7H7BrClNO. The Balaban J connectivity index is 3.21. The highest BCUT2D eigenvalue weighted by atomic mass is 79.9. The van der Waals surface area contributed by atoms with Crippen LogP contribution in [-0.2, 0) is 0 Å². The smallest absolute Gasteiger partial charge is 0.0788 e. The van der Waals surface area contributed by atoms with Gasteiger partial charge < -0.3 is 5.11 Å². The van der Waals surface area contributed by atoms with Crippen molar-refractivity contribution in [3.63, 3.8) is 0 Å². The van der Waals surface area contributed by atoms with Crippen LogP contribution in [0.3, 0.4) is 0 Å². The number of pyridine rings is 1. The van der Waals surface area contributed by atoms with Crippen LogP contribution in [-0.4, -0.2) is 10.1 Å². The van der Waals surface area contributed by atoms with E-state index in [0.717, 1.165) is 4.47 Å². The Kier molecular flexibility index (Phi) is 2.87. The van der Waals surface area contributed by atoms with Crippen LogP contribution in [0.15, 0.2) is 16.9 Å². The number of aliphatic hydroxyl groups excluding tert-OH is 1. The largest absolute Gasteiger partial charge is 0.389 e. The average Bonchev–Trinajstić information content (AvgIpc) is 1.85. The van der Waals surface area contributed by atoms with Gasteiger partial charge in [0.1, 0.15) is 0 Å². The molecular weight excluding hydrogens is 229 g/mol. The van der Waals surface area contributed by atoms with E-state index >= 15 is 0 Å². The summed E-state index contributed by atoms with van der Waals surface area (Å²) in [5.74, 6) is 0. The Bertz CT molecular complexity index is 244. The Morgan fingerprint density at radius 1 is 1.64 bits per heavy atom. The summed E-state index contributed by atoms with van der Waals surface area (Å²) in [7, 11) is 0. The molecule has 0 radical (unpaired) electrons. The van der Waals surface area contributed by atoms with Crippen molar-refractivity contribution in [1.82, 2.24) is 4.98 Å². The molecule has 0 saturated carbocycles. The maximum absolute atomic E-state index is 9.24. The van der Waals surface area contributed by atoms with Crippen LogP contribution in [0, 0.1) is 0 Å². The van der Waals surface area contributed by atoms with Gasteiger partial charge in [-0.15, -0.1) is 0 Å². The lowest BCUT2D eigenvalue weighted by atomic mass is 10.2. The number of hydrogen-bond acceptors (Lipinski definition) is 2. The molecule has 1 rings (SSSR count). The minimum absolute atomic E-state index is 0.481. The molecule has 2 nitrogen and oxygen atoms in total.